The third-order valence-electron chi connectivity index (χ3n) is 3.75. The Morgan fingerprint density at radius 3 is 2.27 bits per heavy atom. The minimum Gasteiger partial charge on any atom is -0.388 e. The van der Waals surface area contributed by atoms with Crippen molar-refractivity contribution in [3.05, 3.63) is 29.8 Å². The van der Waals surface area contributed by atoms with E-state index >= 15 is 0 Å². The summed E-state index contributed by atoms with van der Waals surface area (Å²) in [5.74, 6) is 0.402. The molecule has 0 aliphatic carbocycles. The molecule has 2 rings (SSSR count). The SMILES string of the molecule is CCCCCCCCCc1ccc(OS(=O)(O)=C2CO2)cc1. The smallest absolute Gasteiger partial charge is 0.274 e. The van der Waals surface area contributed by atoms with Crippen molar-refractivity contribution in [2.45, 2.75) is 58.3 Å². The van der Waals surface area contributed by atoms with Gasteiger partial charge in [-0.3, -0.25) is 4.55 Å². The lowest BCUT2D eigenvalue weighted by Gasteiger charge is -2.07. The Morgan fingerprint density at radius 2 is 1.68 bits per heavy atom. The number of hydrogen-bond acceptors (Lipinski definition) is 3. The van der Waals surface area contributed by atoms with Crippen LogP contribution in [0, 0.1) is 0 Å². The number of hydrogen-bond donors (Lipinski definition) is 1. The highest BCUT2D eigenvalue weighted by Crippen LogP contribution is 2.18. The second-order valence-corrected chi connectivity index (χ2v) is 7.31. The van der Waals surface area contributed by atoms with Gasteiger partial charge in [0.15, 0.2) is 5.05 Å². The number of rotatable bonds is 10. The van der Waals surface area contributed by atoms with Crippen LogP contribution in [-0.4, -0.2) is 20.4 Å². The van der Waals surface area contributed by atoms with Gasteiger partial charge in [-0.25, -0.2) is 0 Å². The lowest BCUT2D eigenvalue weighted by atomic mass is 10.0. The first-order chi connectivity index (χ1) is 10.6. The van der Waals surface area contributed by atoms with Gasteiger partial charge >= 0.3 is 0 Å². The maximum absolute atomic E-state index is 11.7. The van der Waals surface area contributed by atoms with Crippen molar-refractivity contribution < 1.29 is 17.7 Å². The first-order valence-electron chi connectivity index (χ1n) is 8.15. The maximum Gasteiger partial charge on any atom is 0.274 e. The van der Waals surface area contributed by atoms with E-state index in [0.717, 1.165) is 6.42 Å². The summed E-state index contributed by atoms with van der Waals surface area (Å²) < 4.78 is 31.1. The molecule has 0 aromatic heterocycles. The molecule has 1 aromatic carbocycles. The van der Waals surface area contributed by atoms with Crippen molar-refractivity contribution in [1.29, 1.82) is 0 Å². The summed E-state index contributed by atoms with van der Waals surface area (Å²) in [5, 5.41) is 0.125. The van der Waals surface area contributed by atoms with E-state index in [1.54, 1.807) is 12.1 Å². The quantitative estimate of drug-likeness (QED) is 0.398. The van der Waals surface area contributed by atoms with E-state index in [0.29, 0.717) is 5.75 Å². The van der Waals surface area contributed by atoms with Gasteiger partial charge in [0.25, 0.3) is 10.1 Å². The van der Waals surface area contributed by atoms with Crippen LogP contribution in [0.5, 0.6) is 5.75 Å². The zero-order valence-corrected chi connectivity index (χ0v) is 14.1. The van der Waals surface area contributed by atoms with Gasteiger partial charge in [0.1, 0.15) is 12.4 Å². The molecule has 1 fully saturated rings. The standard InChI is InChI=1S/C17H26O4S/c1-2-3-4-5-6-7-8-9-15-10-12-16(13-11-15)21-22(18,19)17-14-20-17/h10-13H,2-9,14H2,1H3,(H,18,19). The predicted octanol–water partition coefficient (Wildman–Crippen LogP) is 4.19. The van der Waals surface area contributed by atoms with Crippen LogP contribution in [0.4, 0.5) is 0 Å². The lowest BCUT2D eigenvalue weighted by Crippen LogP contribution is -2.11. The van der Waals surface area contributed by atoms with Gasteiger partial charge in [-0.05, 0) is 30.5 Å². The summed E-state index contributed by atoms with van der Waals surface area (Å²) in [6.07, 6.45) is 10.1. The second-order valence-electron chi connectivity index (χ2n) is 5.73. The van der Waals surface area contributed by atoms with Crippen LogP contribution in [0.3, 0.4) is 0 Å². The molecule has 0 radical (unpaired) electrons. The van der Waals surface area contributed by atoms with E-state index in [-0.39, 0.29) is 11.7 Å². The largest absolute Gasteiger partial charge is 0.388 e. The van der Waals surface area contributed by atoms with Crippen molar-refractivity contribution in [1.82, 2.24) is 0 Å². The number of benzene rings is 1. The fourth-order valence-corrected chi connectivity index (χ4v) is 3.17. The predicted molar refractivity (Wildman–Crippen MR) is 90.5 cm³/mol. The molecule has 5 heteroatoms. The Balaban J connectivity index is 1.69. The fraction of sp³-hybridized carbons (Fsp3) is 0.588. The summed E-state index contributed by atoms with van der Waals surface area (Å²) in [5.41, 5.74) is 1.24. The molecule has 1 saturated heterocycles. The van der Waals surface area contributed by atoms with Crippen LogP contribution in [-0.2, 0) is 21.2 Å². The van der Waals surface area contributed by atoms with Gasteiger partial charge in [-0.1, -0.05) is 57.6 Å². The molecule has 1 N–H and O–H groups in total. The maximum atomic E-state index is 11.7. The van der Waals surface area contributed by atoms with E-state index in [1.807, 2.05) is 12.1 Å². The molecular formula is C17H26O4S. The van der Waals surface area contributed by atoms with Crippen LogP contribution >= 0.6 is 0 Å². The van der Waals surface area contributed by atoms with Gasteiger partial charge in [0.05, 0.1) is 0 Å². The molecule has 0 saturated carbocycles. The molecule has 1 aliphatic heterocycles. The van der Waals surface area contributed by atoms with E-state index in [1.165, 1.54) is 50.5 Å². The first kappa shape index (κ1) is 17.3. The Hall–Kier alpha value is -1.04. The van der Waals surface area contributed by atoms with E-state index in [4.69, 9.17) is 8.92 Å². The first-order valence-corrected chi connectivity index (χ1v) is 9.59. The molecular weight excluding hydrogens is 300 g/mol. The summed E-state index contributed by atoms with van der Waals surface area (Å²) in [6, 6.07) is 7.41. The monoisotopic (exact) mass is 326 g/mol. The van der Waals surface area contributed by atoms with Crippen molar-refractivity contribution in [3.8, 4) is 5.75 Å². The van der Waals surface area contributed by atoms with Crippen molar-refractivity contribution in [2.75, 3.05) is 6.61 Å². The van der Waals surface area contributed by atoms with Gasteiger partial charge in [0.2, 0.25) is 0 Å². The Bertz CT molecular complexity index is 565. The third kappa shape index (κ3) is 5.99. The molecule has 1 atom stereocenters. The van der Waals surface area contributed by atoms with E-state index in [2.05, 4.69) is 6.92 Å². The Kier molecular flexibility index (Phi) is 6.73. The topological polar surface area (TPSA) is 59.1 Å². The van der Waals surface area contributed by atoms with Crippen LogP contribution in [0.15, 0.2) is 24.3 Å². The average Bonchev–Trinajstić information content (AvgIpc) is 3.33. The zero-order valence-electron chi connectivity index (χ0n) is 13.3. The Morgan fingerprint density at radius 1 is 1.09 bits per heavy atom. The van der Waals surface area contributed by atoms with Crippen LogP contribution in [0.2, 0.25) is 0 Å². The summed E-state index contributed by atoms with van der Waals surface area (Å²) in [4.78, 5) is 0. The van der Waals surface area contributed by atoms with Gasteiger partial charge in [-0.2, -0.15) is 4.21 Å². The number of epoxide rings is 1. The third-order valence-corrected chi connectivity index (χ3v) is 4.98. The number of aryl methyl sites for hydroxylation is 1. The number of unbranched alkanes of at least 4 members (excludes halogenated alkanes) is 6. The lowest BCUT2D eigenvalue weighted by molar-refractivity contribution is 0.448. The Labute approximate surface area is 133 Å². The summed E-state index contributed by atoms with van der Waals surface area (Å²) >= 11 is 0. The highest BCUT2D eigenvalue weighted by atomic mass is 32.2. The van der Waals surface area contributed by atoms with Crippen LogP contribution < -0.4 is 4.18 Å². The molecule has 22 heavy (non-hydrogen) atoms. The molecule has 124 valence electrons. The molecule has 0 bridgehead atoms. The number of ether oxygens (including phenoxy) is 1. The fourth-order valence-electron chi connectivity index (χ4n) is 2.35. The van der Waals surface area contributed by atoms with Crippen molar-refractivity contribution >= 4 is 15.1 Å². The van der Waals surface area contributed by atoms with Crippen LogP contribution in [0.1, 0.15) is 57.4 Å². The van der Waals surface area contributed by atoms with E-state index in [9.17, 15) is 8.76 Å². The van der Waals surface area contributed by atoms with Gasteiger partial charge in [-0.15, -0.1) is 0 Å². The normalized spacial score (nSPS) is 16.4. The highest BCUT2D eigenvalue weighted by molar-refractivity contribution is 7.93. The van der Waals surface area contributed by atoms with Crippen molar-refractivity contribution in [3.63, 3.8) is 0 Å². The molecule has 4 nitrogen and oxygen atoms in total. The summed E-state index contributed by atoms with van der Waals surface area (Å²) in [6.45, 7) is 2.45. The van der Waals surface area contributed by atoms with Gasteiger partial charge < -0.3 is 8.92 Å². The molecule has 0 spiro atoms. The summed E-state index contributed by atoms with van der Waals surface area (Å²) in [7, 11) is -3.44. The second kappa shape index (κ2) is 8.56. The minimum atomic E-state index is -3.44. The van der Waals surface area contributed by atoms with Crippen molar-refractivity contribution in [2.24, 2.45) is 0 Å². The molecule has 1 heterocycles. The van der Waals surface area contributed by atoms with E-state index < -0.39 is 10.1 Å². The van der Waals surface area contributed by atoms with Gasteiger partial charge in [0, 0.05) is 0 Å². The highest BCUT2D eigenvalue weighted by Gasteiger charge is 2.26. The molecule has 1 aromatic rings. The van der Waals surface area contributed by atoms with Crippen LogP contribution in [0.25, 0.3) is 0 Å². The molecule has 1 aliphatic rings. The zero-order chi connectivity index (χ0) is 15.8. The average molecular weight is 326 g/mol. The minimum absolute atomic E-state index is 0.125. The molecule has 0 amide bonds. The molecule has 1 unspecified atom stereocenters.